The summed E-state index contributed by atoms with van der Waals surface area (Å²) in [5.41, 5.74) is 2.22. The zero-order valence-electron chi connectivity index (χ0n) is 8.84. The monoisotopic (exact) mass is 299 g/mol. The first-order chi connectivity index (χ1) is 7.70. The van der Waals surface area contributed by atoms with Crippen LogP contribution in [0.5, 0.6) is 0 Å². The van der Waals surface area contributed by atoms with E-state index in [2.05, 4.69) is 27.0 Å². The van der Waals surface area contributed by atoms with Gasteiger partial charge in [0.25, 0.3) is 0 Å². The van der Waals surface area contributed by atoms with Gasteiger partial charge < -0.3 is 4.42 Å². The molecule has 16 heavy (non-hydrogen) atoms. The van der Waals surface area contributed by atoms with E-state index in [0.29, 0.717) is 18.2 Å². The van der Waals surface area contributed by atoms with Crippen molar-refractivity contribution in [2.45, 2.75) is 13.3 Å². The number of nitrogens with zero attached hydrogens (tertiary/aromatic N) is 1. The number of hydrogen-bond donors (Lipinski definition) is 0. The molecular formula is C12H11BrClNO. The number of oxazole rings is 1. The summed E-state index contributed by atoms with van der Waals surface area (Å²) >= 11 is 9.07. The number of alkyl halides is 1. The minimum absolute atomic E-state index is 0.527. The zero-order chi connectivity index (χ0) is 11.5. The lowest BCUT2D eigenvalue weighted by Gasteiger charge is -2.02. The van der Waals surface area contributed by atoms with Gasteiger partial charge in [0.05, 0.1) is 6.20 Å². The predicted octanol–water partition coefficient (Wildman–Crippen LogP) is 4.19. The van der Waals surface area contributed by atoms with Gasteiger partial charge in [-0.1, -0.05) is 15.9 Å². The molecule has 0 bridgehead atoms. The molecule has 4 heteroatoms. The lowest BCUT2D eigenvalue weighted by atomic mass is 10.1. The molecule has 84 valence electrons. The number of benzene rings is 1. The lowest BCUT2D eigenvalue weighted by Crippen LogP contribution is -1.83. The maximum atomic E-state index is 5.64. The Hall–Kier alpha value is -0.800. The van der Waals surface area contributed by atoms with Crippen LogP contribution < -0.4 is 0 Å². The van der Waals surface area contributed by atoms with Crippen LogP contribution in [0.15, 0.2) is 33.3 Å². The molecule has 1 heterocycles. The third kappa shape index (κ3) is 2.47. The molecule has 2 rings (SSSR count). The van der Waals surface area contributed by atoms with Crippen LogP contribution in [-0.2, 0) is 6.42 Å². The summed E-state index contributed by atoms with van der Waals surface area (Å²) in [5, 5.41) is 0. The fourth-order valence-corrected chi connectivity index (χ4v) is 2.17. The highest BCUT2D eigenvalue weighted by Crippen LogP contribution is 2.26. The van der Waals surface area contributed by atoms with Gasteiger partial charge in [-0.3, -0.25) is 0 Å². The fraction of sp³-hybridized carbons (Fsp3) is 0.250. The van der Waals surface area contributed by atoms with Crippen molar-refractivity contribution >= 4 is 27.5 Å². The second-order valence-electron chi connectivity index (χ2n) is 3.52. The molecule has 0 atom stereocenters. The van der Waals surface area contributed by atoms with Crippen molar-refractivity contribution in [2.75, 3.05) is 5.88 Å². The fourth-order valence-electron chi connectivity index (χ4n) is 1.53. The average Bonchev–Trinajstić information content (AvgIpc) is 2.67. The van der Waals surface area contributed by atoms with E-state index < -0.39 is 0 Å². The lowest BCUT2D eigenvalue weighted by molar-refractivity contribution is 0.514. The highest BCUT2D eigenvalue weighted by atomic mass is 79.9. The summed E-state index contributed by atoms with van der Waals surface area (Å²) in [5.74, 6) is 2.01. The molecule has 0 unspecified atom stereocenters. The van der Waals surface area contributed by atoms with Gasteiger partial charge in [0.15, 0.2) is 11.7 Å². The maximum absolute atomic E-state index is 5.64. The smallest absolute Gasteiger partial charge is 0.196 e. The van der Waals surface area contributed by atoms with Gasteiger partial charge in [0, 0.05) is 22.3 Å². The van der Waals surface area contributed by atoms with Crippen molar-refractivity contribution in [1.29, 1.82) is 0 Å². The number of rotatable bonds is 3. The summed E-state index contributed by atoms with van der Waals surface area (Å²) < 4.78 is 6.68. The molecule has 0 aliphatic heterocycles. The van der Waals surface area contributed by atoms with Gasteiger partial charge in [-0.15, -0.1) is 11.6 Å². The molecule has 1 aromatic carbocycles. The van der Waals surface area contributed by atoms with Gasteiger partial charge in [-0.25, -0.2) is 4.98 Å². The van der Waals surface area contributed by atoms with E-state index >= 15 is 0 Å². The zero-order valence-corrected chi connectivity index (χ0v) is 11.2. The molecule has 0 saturated carbocycles. The summed E-state index contributed by atoms with van der Waals surface area (Å²) in [6, 6.07) is 6.07. The second kappa shape index (κ2) is 5.02. The summed E-state index contributed by atoms with van der Waals surface area (Å²) in [7, 11) is 0. The third-order valence-corrected chi connectivity index (χ3v) is 3.00. The average molecular weight is 301 g/mol. The Labute approximate surface area is 108 Å². The quantitative estimate of drug-likeness (QED) is 0.794. The van der Waals surface area contributed by atoms with E-state index in [9.17, 15) is 0 Å². The normalized spacial score (nSPS) is 10.7. The van der Waals surface area contributed by atoms with E-state index in [-0.39, 0.29) is 0 Å². The molecule has 0 aliphatic rings. The summed E-state index contributed by atoms with van der Waals surface area (Å²) in [6.07, 6.45) is 2.41. The first kappa shape index (κ1) is 11.7. The third-order valence-electron chi connectivity index (χ3n) is 2.32. The van der Waals surface area contributed by atoms with Crippen LogP contribution in [0.1, 0.15) is 11.5 Å². The van der Waals surface area contributed by atoms with Crippen LogP contribution >= 0.6 is 27.5 Å². The van der Waals surface area contributed by atoms with Crippen molar-refractivity contribution in [1.82, 2.24) is 4.98 Å². The minimum atomic E-state index is 0.527. The van der Waals surface area contributed by atoms with Gasteiger partial charge in [0.2, 0.25) is 0 Å². The van der Waals surface area contributed by atoms with Crippen molar-refractivity contribution in [3.63, 3.8) is 0 Å². The highest BCUT2D eigenvalue weighted by Gasteiger charge is 2.08. The van der Waals surface area contributed by atoms with Gasteiger partial charge in [-0.2, -0.15) is 0 Å². The van der Waals surface area contributed by atoms with Crippen LogP contribution in [0, 0.1) is 6.92 Å². The molecule has 0 fully saturated rings. The largest absolute Gasteiger partial charge is 0.441 e. The number of hydrogen-bond acceptors (Lipinski definition) is 2. The standard InChI is InChI=1S/C12H11BrClNO/c1-8-6-9(13)2-3-10(8)11-7-15-12(16-11)4-5-14/h2-3,6-7H,4-5H2,1H3. The maximum Gasteiger partial charge on any atom is 0.196 e. The van der Waals surface area contributed by atoms with E-state index in [1.807, 2.05) is 19.1 Å². The molecule has 2 nitrogen and oxygen atoms in total. The van der Waals surface area contributed by atoms with E-state index in [0.717, 1.165) is 21.4 Å². The van der Waals surface area contributed by atoms with Crippen LogP contribution in [0.3, 0.4) is 0 Å². The molecule has 0 amide bonds. The van der Waals surface area contributed by atoms with E-state index in [1.165, 1.54) is 0 Å². The molecule has 0 aliphatic carbocycles. The summed E-state index contributed by atoms with van der Waals surface area (Å²) in [4.78, 5) is 4.18. The topological polar surface area (TPSA) is 26.0 Å². The minimum Gasteiger partial charge on any atom is -0.441 e. The Balaban J connectivity index is 2.35. The number of halogens is 2. The van der Waals surface area contributed by atoms with Crippen molar-refractivity contribution in [2.24, 2.45) is 0 Å². The Morgan fingerprint density at radius 2 is 2.25 bits per heavy atom. The Bertz CT molecular complexity index is 496. The van der Waals surface area contributed by atoms with E-state index in [4.69, 9.17) is 16.0 Å². The Kier molecular flexibility index (Phi) is 3.66. The molecule has 1 aromatic heterocycles. The predicted molar refractivity (Wildman–Crippen MR) is 68.8 cm³/mol. The van der Waals surface area contributed by atoms with Gasteiger partial charge in [-0.05, 0) is 30.7 Å². The number of aryl methyl sites for hydroxylation is 2. The van der Waals surface area contributed by atoms with Crippen LogP contribution in [0.2, 0.25) is 0 Å². The number of aromatic nitrogens is 1. The second-order valence-corrected chi connectivity index (χ2v) is 4.81. The molecule has 0 spiro atoms. The molecule has 0 radical (unpaired) electrons. The van der Waals surface area contributed by atoms with Gasteiger partial charge in [0.1, 0.15) is 0 Å². The van der Waals surface area contributed by atoms with Gasteiger partial charge >= 0.3 is 0 Å². The molecule has 0 saturated heterocycles. The SMILES string of the molecule is Cc1cc(Br)ccc1-c1cnc(CCCl)o1. The van der Waals surface area contributed by atoms with Crippen LogP contribution in [0.4, 0.5) is 0 Å². The molecule has 0 N–H and O–H groups in total. The van der Waals surface area contributed by atoms with Crippen molar-refractivity contribution in [3.05, 3.63) is 40.3 Å². The molecular weight excluding hydrogens is 289 g/mol. The first-order valence-corrected chi connectivity index (χ1v) is 6.30. The first-order valence-electron chi connectivity index (χ1n) is 4.98. The highest BCUT2D eigenvalue weighted by molar-refractivity contribution is 9.10. The van der Waals surface area contributed by atoms with Crippen LogP contribution in [-0.4, -0.2) is 10.9 Å². The Morgan fingerprint density at radius 1 is 1.44 bits per heavy atom. The van der Waals surface area contributed by atoms with Crippen molar-refractivity contribution < 1.29 is 4.42 Å². The van der Waals surface area contributed by atoms with Crippen molar-refractivity contribution in [3.8, 4) is 11.3 Å². The van der Waals surface area contributed by atoms with Crippen LogP contribution in [0.25, 0.3) is 11.3 Å². The molecule has 2 aromatic rings. The van der Waals surface area contributed by atoms with E-state index in [1.54, 1.807) is 6.20 Å². The summed E-state index contributed by atoms with van der Waals surface area (Å²) in [6.45, 7) is 2.05. The Morgan fingerprint density at radius 3 is 2.94 bits per heavy atom.